The highest BCUT2D eigenvalue weighted by molar-refractivity contribution is 7.89. The van der Waals surface area contributed by atoms with Crippen LogP contribution in [0.2, 0.25) is 0 Å². The van der Waals surface area contributed by atoms with Gasteiger partial charge >= 0.3 is 0 Å². The fourth-order valence-electron chi connectivity index (χ4n) is 3.38. The molecule has 2 rings (SSSR count). The molecular weight excluding hydrogens is 360 g/mol. The molecule has 152 valence electrons. The highest BCUT2D eigenvalue weighted by Gasteiger charge is 2.28. The van der Waals surface area contributed by atoms with Crippen molar-refractivity contribution in [3.05, 3.63) is 29.8 Å². The molecule has 6 heteroatoms. The minimum atomic E-state index is -3.47. The highest BCUT2D eigenvalue weighted by Crippen LogP contribution is 2.24. The number of unbranched alkanes of at least 4 members (excludes halogenated alkanes) is 1. The first-order valence-electron chi connectivity index (χ1n) is 10.2. The summed E-state index contributed by atoms with van der Waals surface area (Å²) >= 11 is 0. The number of hydrogen-bond acceptors (Lipinski definition) is 3. The first kappa shape index (κ1) is 21.9. The van der Waals surface area contributed by atoms with E-state index in [1.165, 1.54) is 0 Å². The Hall–Kier alpha value is -1.40. The Labute approximate surface area is 164 Å². The van der Waals surface area contributed by atoms with Gasteiger partial charge in [0.25, 0.3) is 5.91 Å². The van der Waals surface area contributed by atoms with Gasteiger partial charge in [-0.15, -0.1) is 0 Å². The van der Waals surface area contributed by atoms with Crippen LogP contribution in [0.15, 0.2) is 29.2 Å². The third kappa shape index (κ3) is 5.32. The molecular formula is C21H34N2O3S. The second kappa shape index (κ2) is 9.69. The zero-order chi connectivity index (χ0) is 20.0. The quantitative estimate of drug-likeness (QED) is 0.665. The van der Waals surface area contributed by atoms with Gasteiger partial charge in [-0.2, -0.15) is 4.31 Å². The van der Waals surface area contributed by atoms with Gasteiger partial charge in [-0.25, -0.2) is 8.42 Å². The average Bonchev–Trinajstić information content (AvgIpc) is 2.68. The zero-order valence-electron chi connectivity index (χ0n) is 17.1. The first-order valence-corrected chi connectivity index (χ1v) is 11.7. The summed E-state index contributed by atoms with van der Waals surface area (Å²) < 4.78 is 27.2. The maximum absolute atomic E-state index is 12.9. The Morgan fingerprint density at radius 1 is 1.19 bits per heavy atom. The Morgan fingerprint density at radius 3 is 2.30 bits per heavy atom. The van der Waals surface area contributed by atoms with Crippen LogP contribution in [0.4, 0.5) is 0 Å². The molecule has 0 bridgehead atoms. The molecule has 5 nitrogen and oxygen atoms in total. The van der Waals surface area contributed by atoms with E-state index in [1.54, 1.807) is 28.6 Å². The van der Waals surface area contributed by atoms with Gasteiger partial charge in [0.15, 0.2) is 0 Å². The summed E-state index contributed by atoms with van der Waals surface area (Å²) in [6.07, 6.45) is 4.70. The summed E-state index contributed by atoms with van der Waals surface area (Å²) in [5.41, 5.74) is 0.553. The van der Waals surface area contributed by atoms with Crippen molar-refractivity contribution in [2.75, 3.05) is 19.6 Å². The summed E-state index contributed by atoms with van der Waals surface area (Å²) in [5, 5.41) is 0. The SMILES string of the molecule is CCCCN(C(=O)c1ccc(S(=O)(=O)N2CCC(C)CC2)cc1)C(C)CC. The summed E-state index contributed by atoms with van der Waals surface area (Å²) in [7, 11) is -3.47. The lowest BCUT2D eigenvalue weighted by molar-refractivity contribution is 0.0685. The molecule has 0 radical (unpaired) electrons. The zero-order valence-corrected chi connectivity index (χ0v) is 18.0. The van der Waals surface area contributed by atoms with Crippen LogP contribution in [-0.2, 0) is 10.0 Å². The van der Waals surface area contributed by atoms with Crippen molar-refractivity contribution >= 4 is 15.9 Å². The number of amides is 1. The van der Waals surface area contributed by atoms with E-state index in [1.807, 2.05) is 4.90 Å². The molecule has 1 fully saturated rings. The van der Waals surface area contributed by atoms with Crippen LogP contribution in [0.1, 0.15) is 70.2 Å². The van der Waals surface area contributed by atoms with Gasteiger partial charge in [0.2, 0.25) is 10.0 Å². The van der Waals surface area contributed by atoms with E-state index >= 15 is 0 Å². The van der Waals surface area contributed by atoms with Crippen LogP contribution in [0.3, 0.4) is 0 Å². The van der Waals surface area contributed by atoms with Crippen LogP contribution in [0, 0.1) is 5.92 Å². The van der Waals surface area contributed by atoms with Gasteiger partial charge in [0.1, 0.15) is 0 Å². The molecule has 1 atom stereocenters. The van der Waals surface area contributed by atoms with E-state index in [0.717, 1.165) is 38.6 Å². The normalized spacial score (nSPS) is 17.6. The van der Waals surface area contributed by atoms with Crippen molar-refractivity contribution in [3.8, 4) is 0 Å². The van der Waals surface area contributed by atoms with Gasteiger partial charge in [0.05, 0.1) is 4.90 Å². The molecule has 1 aromatic carbocycles. The number of benzene rings is 1. The number of sulfonamides is 1. The number of rotatable bonds is 8. The lowest BCUT2D eigenvalue weighted by Gasteiger charge is -2.30. The maximum Gasteiger partial charge on any atom is 0.254 e. The lowest BCUT2D eigenvalue weighted by atomic mass is 10.0. The summed E-state index contributed by atoms with van der Waals surface area (Å²) in [5.74, 6) is 0.555. The first-order chi connectivity index (χ1) is 12.8. The lowest BCUT2D eigenvalue weighted by Crippen LogP contribution is -2.39. The monoisotopic (exact) mass is 394 g/mol. The van der Waals surface area contributed by atoms with Crippen LogP contribution >= 0.6 is 0 Å². The number of nitrogens with zero attached hydrogens (tertiary/aromatic N) is 2. The summed E-state index contributed by atoms with van der Waals surface area (Å²) in [6, 6.07) is 6.64. The van der Waals surface area contributed by atoms with E-state index in [2.05, 4.69) is 27.7 Å². The minimum Gasteiger partial charge on any atom is -0.336 e. The number of carbonyl (C=O) groups excluding carboxylic acids is 1. The predicted molar refractivity (Wildman–Crippen MR) is 109 cm³/mol. The van der Waals surface area contributed by atoms with Gasteiger partial charge in [-0.05, 0) is 62.8 Å². The molecule has 27 heavy (non-hydrogen) atoms. The molecule has 1 amide bonds. The van der Waals surface area contributed by atoms with Crippen LogP contribution in [-0.4, -0.2) is 49.2 Å². The molecule has 1 saturated heterocycles. The van der Waals surface area contributed by atoms with E-state index in [9.17, 15) is 13.2 Å². The van der Waals surface area contributed by atoms with Crippen LogP contribution < -0.4 is 0 Å². The smallest absolute Gasteiger partial charge is 0.254 e. The largest absolute Gasteiger partial charge is 0.336 e. The molecule has 1 aromatic rings. The number of hydrogen-bond donors (Lipinski definition) is 0. The van der Waals surface area contributed by atoms with Crippen molar-refractivity contribution < 1.29 is 13.2 Å². The third-order valence-electron chi connectivity index (χ3n) is 5.62. The Kier molecular flexibility index (Phi) is 7.86. The van der Waals surface area contributed by atoms with E-state index in [0.29, 0.717) is 24.6 Å². The van der Waals surface area contributed by atoms with Crippen molar-refractivity contribution in [2.45, 2.75) is 70.7 Å². The molecule has 0 spiro atoms. The summed E-state index contributed by atoms with van der Waals surface area (Å²) in [6.45, 7) is 10.3. The second-order valence-electron chi connectivity index (χ2n) is 7.72. The Morgan fingerprint density at radius 2 is 1.78 bits per heavy atom. The van der Waals surface area contributed by atoms with Crippen molar-refractivity contribution in [2.24, 2.45) is 5.92 Å². The molecule has 1 aliphatic heterocycles. The minimum absolute atomic E-state index is 0.0199. The average molecular weight is 395 g/mol. The van der Waals surface area contributed by atoms with Crippen LogP contribution in [0.5, 0.6) is 0 Å². The van der Waals surface area contributed by atoms with Crippen molar-refractivity contribution in [1.29, 1.82) is 0 Å². The second-order valence-corrected chi connectivity index (χ2v) is 9.66. The molecule has 1 heterocycles. The molecule has 1 unspecified atom stereocenters. The topological polar surface area (TPSA) is 57.7 Å². The fraction of sp³-hybridized carbons (Fsp3) is 0.667. The Balaban J connectivity index is 2.16. The maximum atomic E-state index is 12.9. The van der Waals surface area contributed by atoms with Crippen LogP contribution in [0.25, 0.3) is 0 Å². The van der Waals surface area contributed by atoms with Crippen molar-refractivity contribution in [3.63, 3.8) is 0 Å². The molecule has 0 aliphatic carbocycles. The number of piperidine rings is 1. The van der Waals surface area contributed by atoms with Crippen molar-refractivity contribution in [1.82, 2.24) is 9.21 Å². The number of carbonyl (C=O) groups is 1. The molecule has 0 N–H and O–H groups in total. The van der Waals surface area contributed by atoms with Gasteiger partial charge in [-0.1, -0.05) is 27.2 Å². The van der Waals surface area contributed by atoms with E-state index < -0.39 is 10.0 Å². The van der Waals surface area contributed by atoms with Gasteiger partial charge in [0, 0.05) is 31.2 Å². The highest BCUT2D eigenvalue weighted by atomic mass is 32.2. The molecule has 0 aromatic heterocycles. The Bertz CT molecular complexity index is 707. The van der Waals surface area contributed by atoms with Gasteiger partial charge in [-0.3, -0.25) is 4.79 Å². The molecule has 1 aliphatic rings. The fourth-order valence-corrected chi connectivity index (χ4v) is 4.85. The van der Waals surface area contributed by atoms with E-state index in [-0.39, 0.29) is 16.8 Å². The van der Waals surface area contributed by atoms with Gasteiger partial charge < -0.3 is 4.90 Å². The molecule has 0 saturated carbocycles. The summed E-state index contributed by atoms with van der Waals surface area (Å²) in [4.78, 5) is 15.1. The predicted octanol–water partition coefficient (Wildman–Crippen LogP) is 4.15. The van der Waals surface area contributed by atoms with E-state index in [4.69, 9.17) is 0 Å². The third-order valence-corrected chi connectivity index (χ3v) is 7.53. The standard InChI is InChI=1S/C21H34N2O3S/c1-5-7-14-23(18(4)6-2)21(24)19-8-10-20(11-9-19)27(25,26)22-15-12-17(3)13-16-22/h8-11,17-18H,5-7,12-16H2,1-4H3.